The van der Waals surface area contributed by atoms with Crippen molar-refractivity contribution in [1.29, 1.82) is 0 Å². The third kappa shape index (κ3) is 4.56. The Morgan fingerprint density at radius 2 is 2.21 bits per heavy atom. The predicted octanol–water partition coefficient (Wildman–Crippen LogP) is 2.48. The Hall–Kier alpha value is -0.640. The molecule has 0 amide bonds. The zero-order chi connectivity index (χ0) is 10.2. The zero-order valence-electron chi connectivity index (χ0n) is 7.95. The molecule has 0 atom stereocenters. The number of halogens is 1. The summed E-state index contributed by atoms with van der Waals surface area (Å²) in [5.74, 6) is 0. The van der Waals surface area contributed by atoms with Crippen LogP contribution in [0.4, 0.5) is 0 Å². The van der Waals surface area contributed by atoms with E-state index in [0.717, 1.165) is 4.47 Å². The molecule has 2 nitrogen and oxygen atoms in total. The minimum atomic E-state index is 0.570. The van der Waals surface area contributed by atoms with E-state index in [2.05, 4.69) is 15.9 Å². The van der Waals surface area contributed by atoms with Gasteiger partial charge in [-0.2, -0.15) is 0 Å². The van der Waals surface area contributed by atoms with Gasteiger partial charge in [0.15, 0.2) is 0 Å². The standard InChI is InChI=1S/C11H14BrNO/c12-11-5-3-4-10(8-11)9-14-7-2-1-6-13/h1-5,8H,6-7,9,13H2/b2-1+. The molecule has 0 radical (unpaired) electrons. The van der Waals surface area contributed by atoms with Crippen LogP contribution in [0.5, 0.6) is 0 Å². The van der Waals surface area contributed by atoms with Crippen molar-refractivity contribution in [3.8, 4) is 0 Å². The quantitative estimate of drug-likeness (QED) is 0.648. The second kappa shape index (κ2) is 6.76. The van der Waals surface area contributed by atoms with Gasteiger partial charge < -0.3 is 10.5 Å². The fourth-order valence-electron chi connectivity index (χ4n) is 1.04. The molecule has 1 aromatic rings. The average Bonchev–Trinajstić information content (AvgIpc) is 2.18. The highest BCUT2D eigenvalue weighted by atomic mass is 79.9. The van der Waals surface area contributed by atoms with Gasteiger partial charge in [-0.3, -0.25) is 0 Å². The summed E-state index contributed by atoms with van der Waals surface area (Å²) >= 11 is 3.41. The van der Waals surface area contributed by atoms with Crippen molar-refractivity contribution in [3.63, 3.8) is 0 Å². The molecular formula is C11H14BrNO. The minimum Gasteiger partial charge on any atom is -0.373 e. The number of benzene rings is 1. The molecule has 0 bridgehead atoms. The summed E-state index contributed by atoms with van der Waals surface area (Å²) in [6.07, 6.45) is 3.82. The van der Waals surface area contributed by atoms with Gasteiger partial charge in [0.2, 0.25) is 0 Å². The van der Waals surface area contributed by atoms with E-state index in [9.17, 15) is 0 Å². The van der Waals surface area contributed by atoms with E-state index < -0.39 is 0 Å². The number of rotatable bonds is 5. The van der Waals surface area contributed by atoms with E-state index in [0.29, 0.717) is 19.8 Å². The zero-order valence-corrected chi connectivity index (χ0v) is 9.53. The summed E-state index contributed by atoms with van der Waals surface area (Å²) in [4.78, 5) is 0. The van der Waals surface area contributed by atoms with Gasteiger partial charge in [-0.25, -0.2) is 0 Å². The van der Waals surface area contributed by atoms with E-state index in [4.69, 9.17) is 10.5 Å². The van der Waals surface area contributed by atoms with Crippen LogP contribution in [0, 0.1) is 0 Å². The number of ether oxygens (including phenoxy) is 1. The highest BCUT2D eigenvalue weighted by molar-refractivity contribution is 9.10. The molecule has 1 aromatic carbocycles. The number of hydrogen-bond donors (Lipinski definition) is 1. The Balaban J connectivity index is 2.28. The van der Waals surface area contributed by atoms with Crippen molar-refractivity contribution in [2.24, 2.45) is 5.73 Å². The lowest BCUT2D eigenvalue weighted by Gasteiger charge is -2.01. The largest absolute Gasteiger partial charge is 0.373 e. The van der Waals surface area contributed by atoms with Gasteiger partial charge in [0, 0.05) is 11.0 Å². The molecule has 0 fully saturated rings. The second-order valence-electron chi connectivity index (χ2n) is 2.85. The number of hydrogen-bond acceptors (Lipinski definition) is 2. The molecule has 0 spiro atoms. The highest BCUT2D eigenvalue weighted by Gasteiger charge is 1.92. The van der Waals surface area contributed by atoms with Crippen LogP contribution in [0.3, 0.4) is 0 Å². The molecule has 0 aliphatic heterocycles. The van der Waals surface area contributed by atoms with E-state index in [1.54, 1.807) is 0 Å². The van der Waals surface area contributed by atoms with Crippen molar-refractivity contribution in [2.75, 3.05) is 13.2 Å². The first-order valence-corrected chi connectivity index (χ1v) is 5.29. The Morgan fingerprint density at radius 3 is 2.93 bits per heavy atom. The van der Waals surface area contributed by atoms with Gasteiger partial charge >= 0.3 is 0 Å². The minimum absolute atomic E-state index is 0.570. The lowest BCUT2D eigenvalue weighted by atomic mass is 10.2. The topological polar surface area (TPSA) is 35.2 Å². The van der Waals surface area contributed by atoms with Crippen LogP contribution in [0.2, 0.25) is 0 Å². The lowest BCUT2D eigenvalue weighted by Crippen LogP contribution is -1.96. The maximum atomic E-state index is 5.41. The first-order valence-electron chi connectivity index (χ1n) is 4.50. The van der Waals surface area contributed by atoms with Crippen molar-refractivity contribution in [1.82, 2.24) is 0 Å². The normalized spacial score (nSPS) is 11.0. The maximum absolute atomic E-state index is 5.41. The first-order chi connectivity index (χ1) is 6.83. The first kappa shape index (κ1) is 11.4. The van der Waals surface area contributed by atoms with Crippen molar-refractivity contribution >= 4 is 15.9 Å². The van der Waals surface area contributed by atoms with Crippen LogP contribution < -0.4 is 5.73 Å². The van der Waals surface area contributed by atoms with E-state index in [1.807, 2.05) is 36.4 Å². The van der Waals surface area contributed by atoms with Crippen LogP contribution in [-0.4, -0.2) is 13.2 Å². The Morgan fingerprint density at radius 1 is 1.36 bits per heavy atom. The monoisotopic (exact) mass is 255 g/mol. The Bertz CT molecular complexity index is 299. The molecule has 0 saturated heterocycles. The number of nitrogens with two attached hydrogens (primary N) is 1. The molecule has 2 N–H and O–H groups in total. The average molecular weight is 256 g/mol. The molecule has 1 rings (SSSR count). The van der Waals surface area contributed by atoms with Gasteiger partial charge in [-0.15, -0.1) is 0 Å². The Kier molecular flexibility index (Phi) is 5.52. The molecule has 76 valence electrons. The van der Waals surface area contributed by atoms with Gasteiger partial charge in [0.05, 0.1) is 13.2 Å². The molecule has 0 unspecified atom stereocenters. The summed E-state index contributed by atoms with van der Waals surface area (Å²) in [5.41, 5.74) is 6.46. The van der Waals surface area contributed by atoms with Crippen molar-refractivity contribution < 1.29 is 4.74 Å². The molecule has 0 aliphatic carbocycles. The SMILES string of the molecule is NC/C=C/COCc1cccc(Br)c1. The van der Waals surface area contributed by atoms with E-state index >= 15 is 0 Å². The maximum Gasteiger partial charge on any atom is 0.0721 e. The van der Waals surface area contributed by atoms with Crippen LogP contribution in [0.25, 0.3) is 0 Å². The van der Waals surface area contributed by atoms with Crippen LogP contribution in [0.1, 0.15) is 5.56 Å². The fraction of sp³-hybridized carbons (Fsp3) is 0.273. The van der Waals surface area contributed by atoms with E-state index in [1.165, 1.54) is 5.56 Å². The molecule has 0 heterocycles. The fourth-order valence-corrected chi connectivity index (χ4v) is 1.48. The third-order valence-corrected chi connectivity index (χ3v) is 2.17. The smallest absolute Gasteiger partial charge is 0.0721 e. The Labute approximate surface area is 92.9 Å². The molecular weight excluding hydrogens is 242 g/mol. The predicted molar refractivity (Wildman–Crippen MR) is 62.0 cm³/mol. The van der Waals surface area contributed by atoms with Gasteiger partial charge in [-0.1, -0.05) is 40.2 Å². The molecule has 0 saturated carbocycles. The van der Waals surface area contributed by atoms with Gasteiger partial charge in [0.25, 0.3) is 0 Å². The summed E-state index contributed by atoms with van der Waals surface area (Å²) in [7, 11) is 0. The molecule has 0 aromatic heterocycles. The van der Waals surface area contributed by atoms with Gasteiger partial charge in [0.1, 0.15) is 0 Å². The second-order valence-corrected chi connectivity index (χ2v) is 3.77. The molecule has 14 heavy (non-hydrogen) atoms. The summed E-state index contributed by atoms with van der Waals surface area (Å²) in [6.45, 7) is 1.82. The summed E-state index contributed by atoms with van der Waals surface area (Å²) < 4.78 is 6.49. The molecule has 0 aliphatic rings. The van der Waals surface area contributed by atoms with Gasteiger partial charge in [-0.05, 0) is 17.7 Å². The summed E-state index contributed by atoms with van der Waals surface area (Å²) in [5, 5.41) is 0. The third-order valence-electron chi connectivity index (χ3n) is 1.67. The van der Waals surface area contributed by atoms with Crippen molar-refractivity contribution in [2.45, 2.75) is 6.61 Å². The van der Waals surface area contributed by atoms with Crippen molar-refractivity contribution in [3.05, 3.63) is 46.5 Å². The lowest BCUT2D eigenvalue weighted by molar-refractivity contribution is 0.148. The van der Waals surface area contributed by atoms with E-state index in [-0.39, 0.29) is 0 Å². The van der Waals surface area contributed by atoms with Crippen LogP contribution in [-0.2, 0) is 11.3 Å². The summed E-state index contributed by atoms with van der Waals surface area (Å²) in [6, 6.07) is 8.08. The highest BCUT2D eigenvalue weighted by Crippen LogP contribution is 2.12. The van der Waals surface area contributed by atoms with Crippen LogP contribution >= 0.6 is 15.9 Å². The molecule has 3 heteroatoms. The van der Waals surface area contributed by atoms with Crippen LogP contribution in [0.15, 0.2) is 40.9 Å².